The minimum absolute atomic E-state index is 0.0895. The summed E-state index contributed by atoms with van der Waals surface area (Å²) in [5.74, 6) is -0.576. The number of non-ortho nitro benzene ring substituents is 1. The molecule has 10 nitrogen and oxygen atoms in total. The van der Waals surface area contributed by atoms with Gasteiger partial charge < -0.3 is 10.4 Å². The Kier molecular flexibility index (Phi) is 3.29. The number of nitro groups is 1. The molecule has 2 unspecified atom stereocenters. The van der Waals surface area contributed by atoms with E-state index in [0.717, 1.165) is 4.68 Å². The summed E-state index contributed by atoms with van der Waals surface area (Å²) < 4.78 is 0.830. The second kappa shape index (κ2) is 5.15. The topological polar surface area (TPSA) is 140 Å². The van der Waals surface area contributed by atoms with Crippen molar-refractivity contribution in [1.29, 1.82) is 0 Å². The number of rotatable bonds is 2. The molecule has 1 aliphatic heterocycles. The van der Waals surface area contributed by atoms with Crippen molar-refractivity contribution in [2.75, 3.05) is 0 Å². The molecule has 22 heavy (non-hydrogen) atoms. The minimum Gasteiger partial charge on any atom is -0.374 e. The molecule has 2 atom stereocenters. The Labute approximate surface area is 122 Å². The standard InChI is InChI=1S/C12H11N5O5/c18-9-5-4-8(11(19)13-9)16-12(20)10-6(14-15-16)2-1-3-7(10)17(21)22/h1-3,8-9,18H,4-5H2,(H,13,19). The molecule has 1 aromatic heterocycles. The average molecular weight is 305 g/mol. The smallest absolute Gasteiger partial charge is 0.285 e. The second-order valence-corrected chi connectivity index (χ2v) is 4.89. The summed E-state index contributed by atoms with van der Waals surface area (Å²) in [6, 6.07) is 3.09. The van der Waals surface area contributed by atoms with Gasteiger partial charge in [0.2, 0.25) is 5.91 Å². The molecule has 0 aliphatic carbocycles. The third-order valence-electron chi connectivity index (χ3n) is 3.51. The number of aliphatic hydroxyl groups excluding tert-OH is 1. The first-order valence-corrected chi connectivity index (χ1v) is 6.50. The lowest BCUT2D eigenvalue weighted by molar-refractivity contribution is -0.383. The molecule has 0 saturated carbocycles. The molecule has 1 amide bonds. The monoisotopic (exact) mass is 305 g/mol. The number of aliphatic hydroxyl groups is 1. The van der Waals surface area contributed by atoms with Gasteiger partial charge in [-0.05, 0) is 18.9 Å². The highest BCUT2D eigenvalue weighted by Crippen LogP contribution is 2.22. The van der Waals surface area contributed by atoms with E-state index in [-0.39, 0.29) is 29.4 Å². The Morgan fingerprint density at radius 2 is 2.14 bits per heavy atom. The van der Waals surface area contributed by atoms with E-state index in [1.807, 2.05) is 0 Å². The highest BCUT2D eigenvalue weighted by molar-refractivity contribution is 5.87. The normalized spacial score (nSPS) is 21.6. The molecule has 1 fully saturated rings. The Morgan fingerprint density at radius 1 is 1.36 bits per heavy atom. The lowest BCUT2D eigenvalue weighted by atomic mass is 10.1. The van der Waals surface area contributed by atoms with E-state index in [9.17, 15) is 24.8 Å². The fourth-order valence-corrected chi connectivity index (χ4v) is 2.45. The molecule has 0 spiro atoms. The minimum atomic E-state index is -0.970. The first-order valence-electron chi connectivity index (χ1n) is 6.50. The zero-order valence-electron chi connectivity index (χ0n) is 11.2. The fraction of sp³-hybridized carbons (Fsp3) is 0.333. The van der Waals surface area contributed by atoms with Gasteiger partial charge in [0.05, 0.1) is 4.92 Å². The average Bonchev–Trinajstić information content (AvgIpc) is 2.48. The zero-order chi connectivity index (χ0) is 15.9. The van der Waals surface area contributed by atoms with E-state index in [4.69, 9.17) is 0 Å². The number of amides is 1. The summed E-state index contributed by atoms with van der Waals surface area (Å²) in [5, 5.41) is 30.0. The summed E-state index contributed by atoms with van der Waals surface area (Å²) in [7, 11) is 0. The van der Waals surface area contributed by atoms with Gasteiger partial charge in [0, 0.05) is 6.07 Å². The molecule has 2 heterocycles. The van der Waals surface area contributed by atoms with Gasteiger partial charge in [0.25, 0.3) is 11.2 Å². The van der Waals surface area contributed by atoms with E-state index in [1.54, 1.807) is 0 Å². The quantitative estimate of drug-likeness (QED) is 0.561. The van der Waals surface area contributed by atoms with E-state index < -0.39 is 28.7 Å². The van der Waals surface area contributed by atoms with Gasteiger partial charge in [-0.25, -0.2) is 0 Å². The summed E-state index contributed by atoms with van der Waals surface area (Å²) in [4.78, 5) is 34.8. The van der Waals surface area contributed by atoms with Crippen LogP contribution in [0.4, 0.5) is 5.69 Å². The number of nitrogens with zero attached hydrogens (tertiary/aromatic N) is 4. The maximum atomic E-state index is 12.5. The van der Waals surface area contributed by atoms with Gasteiger partial charge in [0.1, 0.15) is 23.2 Å². The third kappa shape index (κ3) is 2.19. The van der Waals surface area contributed by atoms with Crippen molar-refractivity contribution in [2.45, 2.75) is 25.1 Å². The van der Waals surface area contributed by atoms with Crippen molar-refractivity contribution in [3.63, 3.8) is 0 Å². The first kappa shape index (κ1) is 14.1. The van der Waals surface area contributed by atoms with Crippen molar-refractivity contribution in [3.05, 3.63) is 38.7 Å². The zero-order valence-corrected chi connectivity index (χ0v) is 11.2. The van der Waals surface area contributed by atoms with Crippen LogP contribution in [-0.4, -0.2) is 37.2 Å². The largest absolute Gasteiger partial charge is 0.374 e. The van der Waals surface area contributed by atoms with Crippen LogP contribution in [0.3, 0.4) is 0 Å². The Bertz CT molecular complexity index is 832. The maximum absolute atomic E-state index is 12.5. The third-order valence-corrected chi connectivity index (χ3v) is 3.51. The number of benzene rings is 1. The summed E-state index contributed by atoms with van der Waals surface area (Å²) >= 11 is 0. The molecular formula is C12H11N5O5. The van der Waals surface area contributed by atoms with Crippen LogP contribution < -0.4 is 10.9 Å². The van der Waals surface area contributed by atoms with Crippen molar-refractivity contribution < 1.29 is 14.8 Å². The van der Waals surface area contributed by atoms with Crippen LogP contribution in [0.15, 0.2) is 23.0 Å². The lowest BCUT2D eigenvalue weighted by Crippen LogP contribution is -2.47. The number of carbonyl (C=O) groups is 1. The fourth-order valence-electron chi connectivity index (χ4n) is 2.45. The molecule has 114 valence electrons. The Balaban J connectivity index is 2.18. The second-order valence-electron chi connectivity index (χ2n) is 4.89. The van der Waals surface area contributed by atoms with Gasteiger partial charge in [-0.2, -0.15) is 4.68 Å². The summed E-state index contributed by atoms with van der Waals surface area (Å²) in [6.07, 6.45) is -0.533. The number of hydrogen-bond donors (Lipinski definition) is 2. The molecule has 1 saturated heterocycles. The molecule has 0 bridgehead atoms. The van der Waals surface area contributed by atoms with Gasteiger partial charge in [-0.3, -0.25) is 19.7 Å². The van der Waals surface area contributed by atoms with Crippen LogP contribution in [0.25, 0.3) is 10.9 Å². The van der Waals surface area contributed by atoms with Crippen molar-refractivity contribution >= 4 is 22.5 Å². The van der Waals surface area contributed by atoms with E-state index in [0.29, 0.717) is 0 Å². The van der Waals surface area contributed by atoms with Crippen LogP contribution in [0, 0.1) is 10.1 Å². The predicted octanol–water partition coefficient (Wildman–Crippen LogP) is -0.531. The van der Waals surface area contributed by atoms with Crippen molar-refractivity contribution in [3.8, 4) is 0 Å². The highest BCUT2D eigenvalue weighted by atomic mass is 16.6. The Hall–Kier alpha value is -2.88. The van der Waals surface area contributed by atoms with Gasteiger partial charge >= 0.3 is 0 Å². The van der Waals surface area contributed by atoms with E-state index in [1.165, 1.54) is 18.2 Å². The number of carbonyl (C=O) groups excluding carboxylic acids is 1. The van der Waals surface area contributed by atoms with Crippen LogP contribution >= 0.6 is 0 Å². The highest BCUT2D eigenvalue weighted by Gasteiger charge is 2.31. The SMILES string of the molecule is O=C1NC(O)CCC1n1nnc2cccc([N+](=O)[O-])c2c1=O. The molecular weight excluding hydrogens is 294 g/mol. The molecule has 0 radical (unpaired) electrons. The van der Waals surface area contributed by atoms with Gasteiger partial charge in [0.15, 0.2) is 0 Å². The number of nitrogens with one attached hydrogen (secondary N) is 1. The number of piperidine rings is 1. The van der Waals surface area contributed by atoms with Crippen LogP contribution in [0.1, 0.15) is 18.9 Å². The molecule has 2 aromatic rings. The first-order chi connectivity index (χ1) is 10.5. The predicted molar refractivity (Wildman–Crippen MR) is 72.9 cm³/mol. The van der Waals surface area contributed by atoms with Gasteiger partial charge in [-0.1, -0.05) is 11.3 Å². The van der Waals surface area contributed by atoms with Crippen molar-refractivity contribution in [1.82, 2.24) is 20.3 Å². The molecule has 1 aromatic carbocycles. The summed E-state index contributed by atoms with van der Waals surface area (Å²) in [6.45, 7) is 0. The molecule has 3 rings (SSSR count). The number of fused-ring (bicyclic) bond motifs is 1. The van der Waals surface area contributed by atoms with E-state index >= 15 is 0 Å². The number of hydrogen-bond acceptors (Lipinski definition) is 7. The maximum Gasteiger partial charge on any atom is 0.285 e. The molecule has 1 aliphatic rings. The lowest BCUT2D eigenvalue weighted by Gasteiger charge is -2.25. The Morgan fingerprint density at radius 3 is 2.82 bits per heavy atom. The molecule has 10 heteroatoms. The van der Waals surface area contributed by atoms with Crippen molar-refractivity contribution in [2.24, 2.45) is 0 Å². The van der Waals surface area contributed by atoms with Crippen LogP contribution in [-0.2, 0) is 4.79 Å². The number of nitro benzene ring substituents is 1. The molecule has 2 N–H and O–H groups in total. The summed E-state index contributed by atoms with van der Waals surface area (Å²) in [5.41, 5.74) is -1.05. The van der Waals surface area contributed by atoms with Crippen LogP contribution in [0.5, 0.6) is 0 Å². The van der Waals surface area contributed by atoms with Crippen LogP contribution in [0.2, 0.25) is 0 Å². The van der Waals surface area contributed by atoms with E-state index in [2.05, 4.69) is 15.6 Å². The number of aromatic nitrogens is 3. The van der Waals surface area contributed by atoms with Gasteiger partial charge in [-0.15, -0.1) is 5.10 Å².